The molecule has 0 fully saturated rings. The topological polar surface area (TPSA) is 47.6 Å². The van der Waals surface area contributed by atoms with Gasteiger partial charge < -0.3 is 14.8 Å². The monoisotopic (exact) mass is 341 g/mol. The molecule has 0 aromatic heterocycles. The van der Waals surface area contributed by atoms with Gasteiger partial charge in [-0.25, -0.2) is 0 Å². The molecule has 0 atom stereocenters. The molecule has 0 heterocycles. The Morgan fingerprint density at radius 2 is 1.60 bits per heavy atom. The van der Waals surface area contributed by atoms with Crippen molar-refractivity contribution in [3.05, 3.63) is 59.7 Å². The number of rotatable bonds is 7. The molecular formula is C21H27NO3. The van der Waals surface area contributed by atoms with Gasteiger partial charge in [0.25, 0.3) is 5.91 Å². The van der Waals surface area contributed by atoms with Crippen LogP contribution in [0, 0.1) is 0 Å². The Balaban J connectivity index is 1.92. The van der Waals surface area contributed by atoms with Gasteiger partial charge in [-0.15, -0.1) is 0 Å². The highest BCUT2D eigenvalue weighted by Crippen LogP contribution is 2.30. The maximum Gasteiger partial charge on any atom is 0.258 e. The van der Waals surface area contributed by atoms with Crippen molar-refractivity contribution in [1.29, 1.82) is 0 Å². The molecule has 0 bridgehead atoms. The van der Waals surface area contributed by atoms with Crippen molar-refractivity contribution in [1.82, 2.24) is 5.32 Å². The van der Waals surface area contributed by atoms with E-state index < -0.39 is 0 Å². The summed E-state index contributed by atoms with van der Waals surface area (Å²) in [6.07, 6.45) is 0. The Morgan fingerprint density at radius 3 is 2.28 bits per heavy atom. The lowest BCUT2D eigenvalue weighted by Crippen LogP contribution is -2.29. The molecule has 1 amide bonds. The van der Waals surface area contributed by atoms with E-state index in [2.05, 4.69) is 26.1 Å². The molecule has 2 rings (SSSR count). The maximum atomic E-state index is 12.1. The van der Waals surface area contributed by atoms with Gasteiger partial charge in [-0.3, -0.25) is 4.79 Å². The van der Waals surface area contributed by atoms with Crippen LogP contribution in [-0.2, 0) is 16.8 Å². The summed E-state index contributed by atoms with van der Waals surface area (Å²) in [5, 5.41) is 2.88. The third-order valence-corrected chi connectivity index (χ3v) is 3.80. The summed E-state index contributed by atoms with van der Waals surface area (Å²) < 4.78 is 11.3. The fraction of sp³-hybridized carbons (Fsp3) is 0.381. The second-order valence-electron chi connectivity index (χ2n) is 6.85. The quantitative estimate of drug-likeness (QED) is 0.825. The van der Waals surface area contributed by atoms with Crippen LogP contribution >= 0.6 is 0 Å². The smallest absolute Gasteiger partial charge is 0.258 e. The Hall–Kier alpha value is -2.49. The van der Waals surface area contributed by atoms with Crippen LogP contribution in [0.1, 0.15) is 38.8 Å². The number of hydrogen-bond donors (Lipinski definition) is 1. The zero-order valence-corrected chi connectivity index (χ0v) is 15.5. The van der Waals surface area contributed by atoms with Gasteiger partial charge in [0.1, 0.15) is 11.5 Å². The van der Waals surface area contributed by atoms with Crippen molar-refractivity contribution in [2.24, 2.45) is 0 Å². The highest BCUT2D eigenvalue weighted by molar-refractivity contribution is 5.77. The zero-order valence-electron chi connectivity index (χ0n) is 15.5. The maximum absolute atomic E-state index is 12.1. The van der Waals surface area contributed by atoms with Crippen molar-refractivity contribution in [2.45, 2.75) is 39.7 Å². The lowest BCUT2D eigenvalue weighted by molar-refractivity contribution is -0.123. The van der Waals surface area contributed by atoms with Gasteiger partial charge in [0, 0.05) is 12.1 Å². The van der Waals surface area contributed by atoms with E-state index in [-0.39, 0.29) is 17.9 Å². The predicted molar refractivity (Wildman–Crippen MR) is 100 cm³/mol. The minimum atomic E-state index is -0.157. The fourth-order valence-corrected chi connectivity index (χ4v) is 2.55. The average Bonchev–Trinajstić information content (AvgIpc) is 2.59. The summed E-state index contributed by atoms with van der Waals surface area (Å²) in [7, 11) is 0. The third-order valence-electron chi connectivity index (χ3n) is 3.80. The first kappa shape index (κ1) is 18.8. The molecule has 4 nitrogen and oxygen atoms in total. The Bertz CT molecular complexity index is 704. The Labute approximate surface area is 150 Å². The molecule has 0 radical (unpaired) electrons. The lowest BCUT2D eigenvalue weighted by Gasteiger charge is -2.22. The highest BCUT2D eigenvalue weighted by Gasteiger charge is 2.18. The summed E-state index contributed by atoms with van der Waals surface area (Å²) in [5.41, 5.74) is 2.00. The average molecular weight is 341 g/mol. The number of benzene rings is 2. The number of carbonyl (C=O) groups excluding carboxylic acids is 1. The first-order valence-electron chi connectivity index (χ1n) is 8.61. The molecule has 25 heavy (non-hydrogen) atoms. The summed E-state index contributed by atoms with van der Waals surface area (Å²) >= 11 is 0. The minimum absolute atomic E-state index is 0.0100. The summed E-state index contributed by atoms with van der Waals surface area (Å²) in [4.78, 5) is 12.1. The van der Waals surface area contributed by atoms with Gasteiger partial charge in [0.2, 0.25) is 0 Å². The molecule has 1 N–H and O–H groups in total. The number of hydrogen-bond acceptors (Lipinski definition) is 3. The molecule has 0 aliphatic rings. The molecule has 0 aliphatic heterocycles. The minimum Gasteiger partial charge on any atom is -0.494 e. The predicted octanol–water partition coefficient (Wildman–Crippen LogP) is 4.08. The van der Waals surface area contributed by atoms with Crippen molar-refractivity contribution in [3.63, 3.8) is 0 Å². The highest BCUT2D eigenvalue weighted by atomic mass is 16.5. The molecule has 4 heteroatoms. The van der Waals surface area contributed by atoms with E-state index in [9.17, 15) is 4.79 Å². The second kappa shape index (κ2) is 8.56. The van der Waals surface area contributed by atoms with Gasteiger partial charge in [-0.2, -0.15) is 0 Å². The summed E-state index contributed by atoms with van der Waals surface area (Å²) in [5.74, 6) is 1.39. The number of carbonyl (C=O) groups is 1. The zero-order chi connectivity index (χ0) is 18.3. The summed E-state index contributed by atoms with van der Waals surface area (Å²) in [6.45, 7) is 9.32. The van der Waals surface area contributed by atoms with Crippen LogP contribution in [0.2, 0.25) is 0 Å². The van der Waals surface area contributed by atoms with Gasteiger partial charge in [-0.05, 0) is 30.0 Å². The van der Waals surface area contributed by atoms with Gasteiger partial charge in [0.05, 0.1) is 6.61 Å². The number of nitrogens with one attached hydrogen (secondary N) is 1. The van der Waals surface area contributed by atoms with Crippen molar-refractivity contribution >= 4 is 5.91 Å². The first-order chi connectivity index (χ1) is 11.9. The molecule has 0 aliphatic carbocycles. The molecule has 0 unspecified atom stereocenters. The van der Waals surface area contributed by atoms with E-state index in [4.69, 9.17) is 9.47 Å². The third kappa shape index (κ3) is 5.52. The lowest BCUT2D eigenvalue weighted by atomic mass is 9.86. The largest absolute Gasteiger partial charge is 0.494 e. The van der Waals surface area contributed by atoms with Crippen LogP contribution in [-0.4, -0.2) is 19.1 Å². The summed E-state index contributed by atoms with van der Waals surface area (Å²) in [6, 6.07) is 15.5. The van der Waals surface area contributed by atoms with Crippen LogP contribution < -0.4 is 14.8 Å². The van der Waals surface area contributed by atoms with E-state index in [0.717, 1.165) is 22.6 Å². The molecule has 0 spiro atoms. The SMILES string of the molecule is CCOc1ccccc1CNC(=O)COc1ccccc1C(C)(C)C. The number of para-hydroxylation sites is 2. The molecule has 2 aromatic carbocycles. The molecule has 0 saturated heterocycles. The fourth-order valence-electron chi connectivity index (χ4n) is 2.55. The van der Waals surface area contributed by atoms with E-state index >= 15 is 0 Å². The molecule has 134 valence electrons. The van der Waals surface area contributed by atoms with E-state index in [1.165, 1.54) is 0 Å². The van der Waals surface area contributed by atoms with Crippen LogP contribution in [0.25, 0.3) is 0 Å². The van der Waals surface area contributed by atoms with E-state index in [1.807, 2.05) is 55.5 Å². The first-order valence-corrected chi connectivity index (χ1v) is 8.61. The van der Waals surface area contributed by atoms with Crippen molar-refractivity contribution in [3.8, 4) is 11.5 Å². The normalized spacial score (nSPS) is 11.0. The van der Waals surface area contributed by atoms with Gasteiger partial charge >= 0.3 is 0 Å². The van der Waals surface area contributed by atoms with Crippen molar-refractivity contribution < 1.29 is 14.3 Å². The standard InChI is InChI=1S/C21H27NO3/c1-5-24-18-12-8-6-10-16(18)14-22-20(23)15-25-19-13-9-7-11-17(19)21(2,3)4/h6-13H,5,14-15H2,1-4H3,(H,22,23). The Morgan fingerprint density at radius 1 is 0.960 bits per heavy atom. The molecule has 2 aromatic rings. The second-order valence-corrected chi connectivity index (χ2v) is 6.85. The van der Waals surface area contributed by atoms with E-state index in [0.29, 0.717) is 13.2 Å². The van der Waals surface area contributed by atoms with Crippen LogP contribution in [0.4, 0.5) is 0 Å². The van der Waals surface area contributed by atoms with Crippen LogP contribution in [0.15, 0.2) is 48.5 Å². The van der Waals surface area contributed by atoms with Gasteiger partial charge in [0.15, 0.2) is 6.61 Å². The molecular weight excluding hydrogens is 314 g/mol. The Kier molecular flexibility index (Phi) is 6.45. The van der Waals surface area contributed by atoms with Crippen molar-refractivity contribution in [2.75, 3.05) is 13.2 Å². The van der Waals surface area contributed by atoms with Crippen LogP contribution in [0.5, 0.6) is 11.5 Å². The number of ether oxygens (including phenoxy) is 2. The van der Waals surface area contributed by atoms with Gasteiger partial charge in [-0.1, -0.05) is 57.2 Å². The van der Waals surface area contributed by atoms with Crippen LogP contribution in [0.3, 0.4) is 0 Å². The number of amides is 1. The molecule has 0 saturated carbocycles. The van der Waals surface area contributed by atoms with E-state index in [1.54, 1.807) is 0 Å².